The van der Waals surface area contributed by atoms with E-state index in [2.05, 4.69) is 30.8 Å². The van der Waals surface area contributed by atoms with Crippen molar-refractivity contribution in [3.8, 4) is 0 Å². The number of hydrogen-bond acceptors (Lipinski definition) is 8. The molecule has 0 radical (unpaired) electrons. The van der Waals surface area contributed by atoms with Crippen molar-refractivity contribution >= 4 is 22.8 Å². The molecule has 2 aliphatic heterocycles. The van der Waals surface area contributed by atoms with E-state index in [-0.39, 0.29) is 37.7 Å². The van der Waals surface area contributed by atoms with E-state index in [1.807, 2.05) is 27.7 Å². The topological polar surface area (TPSA) is 93.4 Å². The standard InChI is InChI=1S/C16H22F2N8O/c1-9-19-10(23-27-9)7-26-13-11(22-24-26)12(20-14(21-13)15(2,3)4)25-6-5-16(17,18)8-25/h9H,5-8H2,1-4H3,(H,19,23). The van der Waals surface area contributed by atoms with Crippen LogP contribution in [0.25, 0.3) is 11.2 Å². The van der Waals surface area contributed by atoms with E-state index in [1.165, 1.54) is 0 Å². The number of alkyl halides is 2. The average molecular weight is 380 g/mol. The van der Waals surface area contributed by atoms with Gasteiger partial charge >= 0.3 is 0 Å². The van der Waals surface area contributed by atoms with E-state index in [0.29, 0.717) is 28.6 Å². The summed E-state index contributed by atoms with van der Waals surface area (Å²) in [6.07, 6.45) is -0.482. The fourth-order valence-electron chi connectivity index (χ4n) is 3.06. The molecule has 0 aromatic carbocycles. The fraction of sp³-hybridized carbons (Fsp3) is 0.688. The highest BCUT2D eigenvalue weighted by molar-refractivity contribution is 5.86. The van der Waals surface area contributed by atoms with Crippen molar-refractivity contribution in [1.29, 1.82) is 0 Å². The highest BCUT2D eigenvalue weighted by Crippen LogP contribution is 2.34. The Kier molecular flexibility index (Phi) is 4.02. The first-order valence-corrected chi connectivity index (χ1v) is 8.85. The van der Waals surface area contributed by atoms with E-state index in [1.54, 1.807) is 9.58 Å². The van der Waals surface area contributed by atoms with Gasteiger partial charge in [0.2, 0.25) is 0 Å². The molecule has 1 atom stereocenters. The van der Waals surface area contributed by atoms with Crippen molar-refractivity contribution in [3.05, 3.63) is 5.82 Å². The number of anilines is 1. The zero-order chi connectivity index (χ0) is 19.4. The van der Waals surface area contributed by atoms with Gasteiger partial charge in [-0.05, 0) is 6.92 Å². The van der Waals surface area contributed by atoms with Crippen LogP contribution < -0.4 is 10.4 Å². The molecule has 11 heteroatoms. The lowest BCUT2D eigenvalue weighted by atomic mass is 9.96. The second-order valence-electron chi connectivity index (χ2n) is 7.96. The van der Waals surface area contributed by atoms with E-state index >= 15 is 0 Å². The third-order valence-electron chi connectivity index (χ3n) is 4.47. The van der Waals surface area contributed by atoms with Crippen LogP contribution in [0.3, 0.4) is 0 Å². The van der Waals surface area contributed by atoms with E-state index in [9.17, 15) is 8.78 Å². The average Bonchev–Trinajstić information content (AvgIpc) is 3.26. The Labute approximate surface area is 154 Å². The first-order valence-electron chi connectivity index (χ1n) is 8.85. The molecule has 9 nitrogen and oxygen atoms in total. The molecule has 0 aliphatic carbocycles. The normalized spacial score (nSPS) is 22.4. The van der Waals surface area contributed by atoms with Gasteiger partial charge in [0.15, 0.2) is 23.2 Å². The van der Waals surface area contributed by atoms with Gasteiger partial charge in [-0.1, -0.05) is 26.0 Å². The summed E-state index contributed by atoms with van der Waals surface area (Å²) in [5.74, 6) is -1.18. The van der Waals surface area contributed by atoms with Crippen LogP contribution in [0.5, 0.6) is 0 Å². The molecular weight excluding hydrogens is 358 g/mol. The third kappa shape index (κ3) is 3.43. The second-order valence-corrected chi connectivity index (χ2v) is 7.96. The molecule has 4 heterocycles. The van der Waals surface area contributed by atoms with Gasteiger partial charge in [0, 0.05) is 18.4 Å². The summed E-state index contributed by atoms with van der Waals surface area (Å²) in [5.41, 5.74) is 3.28. The van der Waals surface area contributed by atoms with E-state index in [0.717, 1.165) is 0 Å². The van der Waals surface area contributed by atoms with E-state index in [4.69, 9.17) is 4.84 Å². The zero-order valence-corrected chi connectivity index (χ0v) is 15.7. The number of nitrogens with one attached hydrogen (secondary N) is 1. The molecule has 2 aromatic heterocycles. The lowest BCUT2D eigenvalue weighted by Gasteiger charge is -2.22. The Morgan fingerprint density at radius 3 is 2.67 bits per heavy atom. The number of halogens is 2. The lowest BCUT2D eigenvalue weighted by molar-refractivity contribution is 0.0257. The van der Waals surface area contributed by atoms with Crippen molar-refractivity contribution in [1.82, 2.24) is 30.4 Å². The van der Waals surface area contributed by atoms with Gasteiger partial charge in [-0.3, -0.25) is 0 Å². The molecular formula is C16H22F2N8O. The molecule has 2 aliphatic rings. The number of fused-ring (bicyclic) bond motifs is 1. The summed E-state index contributed by atoms with van der Waals surface area (Å²) in [4.78, 5) is 20.3. The molecule has 1 fully saturated rings. The molecule has 1 unspecified atom stereocenters. The van der Waals surface area contributed by atoms with Gasteiger partial charge in [0.25, 0.3) is 5.92 Å². The van der Waals surface area contributed by atoms with Gasteiger partial charge in [-0.15, -0.1) is 5.10 Å². The van der Waals surface area contributed by atoms with Crippen molar-refractivity contribution < 1.29 is 13.6 Å². The highest BCUT2D eigenvalue weighted by Gasteiger charge is 2.40. The lowest BCUT2D eigenvalue weighted by Crippen LogP contribution is -2.28. The molecule has 146 valence electrons. The number of aromatic nitrogens is 5. The molecule has 1 N–H and O–H groups in total. The highest BCUT2D eigenvalue weighted by atomic mass is 19.3. The minimum absolute atomic E-state index is 0.201. The Bertz CT molecular complexity index is 904. The minimum Gasteiger partial charge on any atom is -0.348 e. The van der Waals surface area contributed by atoms with Crippen LogP contribution in [-0.2, 0) is 16.8 Å². The van der Waals surface area contributed by atoms with Crippen LogP contribution in [0, 0.1) is 0 Å². The Balaban J connectivity index is 1.79. The maximum Gasteiger partial charge on any atom is 0.266 e. The molecule has 2 aromatic rings. The quantitative estimate of drug-likeness (QED) is 0.865. The summed E-state index contributed by atoms with van der Waals surface area (Å²) in [6, 6.07) is 0. The van der Waals surface area contributed by atoms with Crippen molar-refractivity contribution in [2.75, 3.05) is 18.0 Å². The fourth-order valence-corrected chi connectivity index (χ4v) is 3.06. The van der Waals surface area contributed by atoms with Gasteiger partial charge in [0.1, 0.15) is 18.2 Å². The van der Waals surface area contributed by atoms with Crippen LogP contribution >= 0.6 is 0 Å². The Morgan fingerprint density at radius 1 is 1.30 bits per heavy atom. The summed E-state index contributed by atoms with van der Waals surface area (Å²) in [6.45, 7) is 7.86. The number of amidine groups is 1. The first kappa shape index (κ1) is 18.0. The van der Waals surface area contributed by atoms with Gasteiger partial charge in [0.05, 0.1) is 6.54 Å². The number of aliphatic imine (C=N–C) groups is 1. The first-order chi connectivity index (χ1) is 12.6. The van der Waals surface area contributed by atoms with Gasteiger partial charge in [-0.25, -0.2) is 38.7 Å². The maximum absolute atomic E-state index is 13.8. The molecule has 0 saturated carbocycles. The molecule has 0 bridgehead atoms. The predicted octanol–water partition coefficient (Wildman–Crippen LogP) is 1.64. The van der Waals surface area contributed by atoms with Crippen molar-refractivity contribution in [2.45, 2.75) is 58.2 Å². The number of rotatable bonds is 3. The summed E-state index contributed by atoms with van der Waals surface area (Å²) in [5, 5.41) is 8.32. The number of hydrogen-bond donors (Lipinski definition) is 1. The molecule has 0 amide bonds. The third-order valence-corrected chi connectivity index (χ3v) is 4.47. The van der Waals surface area contributed by atoms with Crippen LogP contribution in [0.15, 0.2) is 4.99 Å². The molecule has 1 saturated heterocycles. The molecule has 0 spiro atoms. The van der Waals surface area contributed by atoms with Crippen LogP contribution in [0.4, 0.5) is 14.6 Å². The summed E-state index contributed by atoms with van der Waals surface area (Å²) >= 11 is 0. The van der Waals surface area contributed by atoms with Crippen LogP contribution in [-0.4, -0.2) is 56.0 Å². The minimum atomic E-state index is -2.73. The Hall–Kier alpha value is -2.43. The second kappa shape index (κ2) is 6.04. The van der Waals surface area contributed by atoms with Gasteiger partial charge in [-0.2, -0.15) is 0 Å². The summed E-state index contributed by atoms with van der Waals surface area (Å²) < 4.78 is 29.1. The monoisotopic (exact) mass is 380 g/mol. The predicted molar refractivity (Wildman–Crippen MR) is 94.7 cm³/mol. The van der Waals surface area contributed by atoms with E-state index < -0.39 is 5.92 Å². The SMILES string of the molecule is CC1N=C(Cn2nnc3c(N4CCC(F)(F)C4)nc(C(C)(C)C)nc32)NO1. The number of hydroxylamine groups is 1. The smallest absolute Gasteiger partial charge is 0.266 e. The molecule has 4 rings (SSSR count). The zero-order valence-electron chi connectivity index (χ0n) is 15.7. The molecule has 27 heavy (non-hydrogen) atoms. The number of nitrogens with zero attached hydrogens (tertiary/aromatic N) is 7. The van der Waals surface area contributed by atoms with Gasteiger partial charge < -0.3 is 4.90 Å². The van der Waals surface area contributed by atoms with Crippen LogP contribution in [0.1, 0.15) is 39.9 Å². The summed E-state index contributed by atoms with van der Waals surface area (Å²) in [7, 11) is 0. The van der Waals surface area contributed by atoms with Crippen molar-refractivity contribution in [3.63, 3.8) is 0 Å². The van der Waals surface area contributed by atoms with Crippen LogP contribution in [0.2, 0.25) is 0 Å². The Morgan fingerprint density at radius 2 is 2.07 bits per heavy atom. The van der Waals surface area contributed by atoms with Crippen molar-refractivity contribution in [2.24, 2.45) is 4.99 Å². The largest absolute Gasteiger partial charge is 0.348 e. The maximum atomic E-state index is 13.8.